The SMILES string of the molecule is COc1ccc(C(=O)NCC2CNC2)cc1S(=O)(=O)N1CCCC1. The lowest BCUT2D eigenvalue weighted by Crippen LogP contribution is -2.48. The number of carbonyl (C=O) groups is 1. The second-order valence-electron chi connectivity index (χ2n) is 6.21. The molecule has 0 atom stereocenters. The Morgan fingerprint density at radius 1 is 1.33 bits per heavy atom. The molecule has 0 spiro atoms. The van der Waals surface area contributed by atoms with Crippen LogP contribution in [0.1, 0.15) is 23.2 Å². The number of ether oxygens (including phenoxy) is 1. The number of methoxy groups -OCH3 is 1. The van der Waals surface area contributed by atoms with Crippen LogP contribution in [0.2, 0.25) is 0 Å². The first-order valence-corrected chi connectivity index (χ1v) is 9.63. The fraction of sp³-hybridized carbons (Fsp3) is 0.562. The Kier molecular flexibility index (Phi) is 5.07. The number of rotatable bonds is 6. The van der Waals surface area contributed by atoms with Crippen LogP contribution in [0.4, 0.5) is 0 Å². The van der Waals surface area contributed by atoms with Crippen molar-refractivity contribution in [1.82, 2.24) is 14.9 Å². The summed E-state index contributed by atoms with van der Waals surface area (Å²) < 4.78 is 32.3. The van der Waals surface area contributed by atoms with Crippen LogP contribution in [0, 0.1) is 5.92 Å². The molecule has 132 valence electrons. The van der Waals surface area contributed by atoms with E-state index in [-0.39, 0.29) is 16.6 Å². The van der Waals surface area contributed by atoms with Gasteiger partial charge >= 0.3 is 0 Å². The molecule has 0 unspecified atom stereocenters. The summed E-state index contributed by atoms with van der Waals surface area (Å²) in [5, 5.41) is 6.01. The monoisotopic (exact) mass is 353 g/mol. The average molecular weight is 353 g/mol. The van der Waals surface area contributed by atoms with Crippen molar-refractivity contribution in [2.45, 2.75) is 17.7 Å². The molecule has 1 aromatic carbocycles. The normalized spacial score (nSPS) is 19.0. The van der Waals surface area contributed by atoms with Crippen molar-refractivity contribution in [3.8, 4) is 5.75 Å². The van der Waals surface area contributed by atoms with Crippen LogP contribution < -0.4 is 15.4 Å². The molecule has 2 fully saturated rings. The highest BCUT2D eigenvalue weighted by Gasteiger charge is 2.30. The van der Waals surface area contributed by atoms with E-state index in [2.05, 4.69) is 10.6 Å². The minimum Gasteiger partial charge on any atom is -0.495 e. The Labute approximate surface area is 142 Å². The van der Waals surface area contributed by atoms with E-state index >= 15 is 0 Å². The number of hydrogen-bond donors (Lipinski definition) is 2. The van der Waals surface area contributed by atoms with Gasteiger partial charge in [-0.15, -0.1) is 0 Å². The number of hydrogen-bond acceptors (Lipinski definition) is 5. The number of amides is 1. The van der Waals surface area contributed by atoms with E-state index in [0.717, 1.165) is 25.9 Å². The first kappa shape index (κ1) is 17.2. The molecule has 24 heavy (non-hydrogen) atoms. The minimum atomic E-state index is -3.64. The van der Waals surface area contributed by atoms with E-state index < -0.39 is 10.0 Å². The number of nitrogens with one attached hydrogen (secondary N) is 2. The zero-order valence-electron chi connectivity index (χ0n) is 13.7. The predicted molar refractivity (Wildman–Crippen MR) is 89.7 cm³/mol. The molecule has 2 aliphatic heterocycles. The fourth-order valence-electron chi connectivity index (χ4n) is 2.92. The van der Waals surface area contributed by atoms with Crippen LogP contribution in [0.3, 0.4) is 0 Å². The Hall–Kier alpha value is -1.64. The number of benzene rings is 1. The van der Waals surface area contributed by atoms with Crippen molar-refractivity contribution in [3.63, 3.8) is 0 Å². The summed E-state index contributed by atoms with van der Waals surface area (Å²) in [4.78, 5) is 12.4. The minimum absolute atomic E-state index is 0.0601. The van der Waals surface area contributed by atoms with Gasteiger partial charge in [0.1, 0.15) is 10.6 Å². The van der Waals surface area contributed by atoms with E-state index in [4.69, 9.17) is 4.74 Å². The largest absolute Gasteiger partial charge is 0.495 e. The highest BCUT2D eigenvalue weighted by molar-refractivity contribution is 7.89. The van der Waals surface area contributed by atoms with E-state index in [1.54, 1.807) is 12.1 Å². The lowest BCUT2D eigenvalue weighted by atomic mass is 10.0. The van der Waals surface area contributed by atoms with Gasteiger partial charge in [-0.1, -0.05) is 0 Å². The molecule has 2 N–H and O–H groups in total. The molecule has 8 heteroatoms. The third kappa shape index (κ3) is 3.40. The molecule has 3 rings (SSSR count). The Morgan fingerprint density at radius 3 is 2.62 bits per heavy atom. The molecule has 2 saturated heterocycles. The molecule has 1 amide bonds. The van der Waals surface area contributed by atoms with E-state index in [9.17, 15) is 13.2 Å². The molecule has 0 radical (unpaired) electrons. The summed E-state index contributed by atoms with van der Waals surface area (Å²) in [6.45, 7) is 3.41. The van der Waals surface area contributed by atoms with Gasteiger partial charge in [0.2, 0.25) is 10.0 Å². The summed E-state index contributed by atoms with van der Waals surface area (Å²) in [6.07, 6.45) is 1.72. The topological polar surface area (TPSA) is 87.7 Å². The van der Waals surface area contributed by atoms with Gasteiger partial charge in [0.25, 0.3) is 5.91 Å². The molecule has 0 saturated carbocycles. The molecular weight excluding hydrogens is 330 g/mol. The van der Waals surface area contributed by atoms with Crippen molar-refractivity contribution in [2.75, 3.05) is 39.8 Å². The van der Waals surface area contributed by atoms with Gasteiger partial charge in [-0.05, 0) is 31.0 Å². The standard InChI is InChI=1S/C16H23N3O4S/c1-23-14-5-4-13(16(20)18-11-12-9-17-10-12)8-15(14)24(21,22)19-6-2-3-7-19/h4-5,8,12,17H,2-3,6-7,9-11H2,1H3,(H,18,20). The molecule has 1 aromatic rings. The third-order valence-corrected chi connectivity index (χ3v) is 6.45. The molecule has 2 heterocycles. The lowest BCUT2D eigenvalue weighted by molar-refractivity contribution is 0.0942. The quantitative estimate of drug-likeness (QED) is 0.774. The molecule has 0 aromatic heterocycles. The molecule has 7 nitrogen and oxygen atoms in total. The second kappa shape index (κ2) is 7.08. The van der Waals surface area contributed by atoms with E-state index in [0.29, 0.717) is 31.1 Å². The molecular formula is C16H23N3O4S. The Balaban J connectivity index is 1.83. The van der Waals surface area contributed by atoms with Crippen molar-refractivity contribution in [2.24, 2.45) is 5.92 Å². The maximum Gasteiger partial charge on any atom is 0.251 e. The highest BCUT2D eigenvalue weighted by Crippen LogP contribution is 2.29. The third-order valence-electron chi connectivity index (χ3n) is 4.53. The smallest absolute Gasteiger partial charge is 0.251 e. The molecule has 0 aliphatic carbocycles. The van der Waals surface area contributed by atoms with E-state index in [1.807, 2.05) is 0 Å². The van der Waals surface area contributed by atoms with Gasteiger partial charge in [0.15, 0.2) is 0 Å². The number of carbonyl (C=O) groups excluding carboxylic acids is 1. The van der Waals surface area contributed by atoms with Crippen LogP contribution in [0.15, 0.2) is 23.1 Å². The van der Waals surface area contributed by atoms with Crippen LogP contribution >= 0.6 is 0 Å². The van der Waals surface area contributed by atoms with Crippen LogP contribution in [-0.4, -0.2) is 58.5 Å². The van der Waals surface area contributed by atoms with Crippen molar-refractivity contribution in [1.29, 1.82) is 0 Å². The van der Waals surface area contributed by atoms with Gasteiger partial charge in [0, 0.05) is 44.2 Å². The number of sulfonamides is 1. The maximum absolute atomic E-state index is 12.8. The van der Waals surface area contributed by atoms with Gasteiger partial charge in [-0.2, -0.15) is 4.31 Å². The van der Waals surface area contributed by atoms with Crippen molar-refractivity contribution in [3.05, 3.63) is 23.8 Å². The first-order valence-electron chi connectivity index (χ1n) is 8.19. The van der Waals surface area contributed by atoms with Gasteiger partial charge < -0.3 is 15.4 Å². The lowest BCUT2D eigenvalue weighted by Gasteiger charge is -2.27. The van der Waals surface area contributed by atoms with Crippen molar-refractivity contribution >= 4 is 15.9 Å². The van der Waals surface area contributed by atoms with Crippen LogP contribution in [0.25, 0.3) is 0 Å². The molecule has 0 bridgehead atoms. The summed E-state index contributed by atoms with van der Waals surface area (Å²) in [5.41, 5.74) is 0.334. The van der Waals surface area contributed by atoms with Crippen LogP contribution in [-0.2, 0) is 10.0 Å². The zero-order valence-corrected chi connectivity index (χ0v) is 14.6. The van der Waals surface area contributed by atoms with Crippen molar-refractivity contribution < 1.29 is 17.9 Å². The van der Waals surface area contributed by atoms with Gasteiger partial charge in [0.05, 0.1) is 7.11 Å². The second-order valence-corrected chi connectivity index (χ2v) is 8.12. The molecule has 2 aliphatic rings. The average Bonchev–Trinajstić information content (AvgIpc) is 3.08. The summed E-state index contributed by atoms with van der Waals surface area (Å²) in [5.74, 6) is 0.448. The van der Waals surface area contributed by atoms with Crippen LogP contribution in [0.5, 0.6) is 5.75 Å². The first-order chi connectivity index (χ1) is 11.5. The summed E-state index contributed by atoms with van der Waals surface area (Å²) >= 11 is 0. The zero-order chi connectivity index (χ0) is 17.2. The Morgan fingerprint density at radius 2 is 2.04 bits per heavy atom. The van der Waals surface area contributed by atoms with Gasteiger partial charge in [-0.3, -0.25) is 4.79 Å². The Bertz CT molecular complexity index is 710. The highest BCUT2D eigenvalue weighted by atomic mass is 32.2. The van der Waals surface area contributed by atoms with Gasteiger partial charge in [-0.25, -0.2) is 8.42 Å². The number of nitrogens with zero attached hydrogens (tertiary/aromatic N) is 1. The van der Waals surface area contributed by atoms with E-state index in [1.165, 1.54) is 17.5 Å². The summed E-state index contributed by atoms with van der Waals surface area (Å²) in [6, 6.07) is 4.56. The maximum atomic E-state index is 12.8. The summed E-state index contributed by atoms with van der Waals surface area (Å²) in [7, 11) is -2.21. The fourth-order valence-corrected chi connectivity index (χ4v) is 4.62. The predicted octanol–water partition coefficient (Wildman–Crippen LogP) is 0.429.